The van der Waals surface area contributed by atoms with Crippen LogP contribution >= 0.6 is 23.2 Å². The maximum Gasteiger partial charge on any atom is 0.242 e. The van der Waals surface area contributed by atoms with E-state index >= 15 is 0 Å². The average molecular weight is 557 g/mol. The molecule has 0 fully saturated rings. The van der Waals surface area contributed by atoms with E-state index in [-0.39, 0.29) is 43.8 Å². The Balaban J connectivity index is 2.22. The Morgan fingerprint density at radius 1 is 1.03 bits per heavy atom. The van der Waals surface area contributed by atoms with Crippen molar-refractivity contribution in [2.45, 2.75) is 65.6 Å². The van der Waals surface area contributed by atoms with Gasteiger partial charge >= 0.3 is 0 Å². The van der Waals surface area contributed by atoms with Gasteiger partial charge in [-0.15, -0.1) is 0 Å². The van der Waals surface area contributed by atoms with Gasteiger partial charge in [0.1, 0.15) is 6.04 Å². The molecule has 0 radical (unpaired) electrons. The summed E-state index contributed by atoms with van der Waals surface area (Å²) in [5.74, 6) is -0.518. The van der Waals surface area contributed by atoms with Crippen LogP contribution in [0.3, 0.4) is 0 Å². The fraction of sp³-hybridized carbons (Fsp3) is 0.462. The van der Waals surface area contributed by atoms with Crippen molar-refractivity contribution in [1.29, 1.82) is 0 Å². The topological polar surface area (TPSA) is 86.8 Å². The molecular formula is C26H35Cl2N3O4S. The molecule has 36 heavy (non-hydrogen) atoms. The fourth-order valence-corrected chi connectivity index (χ4v) is 5.09. The van der Waals surface area contributed by atoms with Gasteiger partial charge in [-0.25, -0.2) is 8.42 Å². The molecule has 1 N–H and O–H groups in total. The SMILES string of the molecule is CCC(C)NC(=O)C(C)N(Cc1ccccc1Cl)C(=O)CCCN(c1cccc(Cl)c1C)S(C)(=O)=O. The zero-order valence-electron chi connectivity index (χ0n) is 21.4. The quantitative estimate of drug-likeness (QED) is 0.391. The summed E-state index contributed by atoms with van der Waals surface area (Å²) in [7, 11) is -3.61. The van der Waals surface area contributed by atoms with Crippen LogP contribution in [0.15, 0.2) is 42.5 Å². The highest BCUT2D eigenvalue weighted by atomic mass is 35.5. The van der Waals surface area contributed by atoms with E-state index in [9.17, 15) is 18.0 Å². The highest BCUT2D eigenvalue weighted by molar-refractivity contribution is 7.92. The maximum atomic E-state index is 13.4. The number of hydrogen-bond acceptors (Lipinski definition) is 4. The van der Waals surface area contributed by atoms with Crippen LogP contribution in [-0.2, 0) is 26.2 Å². The number of nitrogens with one attached hydrogen (secondary N) is 1. The molecule has 7 nitrogen and oxygen atoms in total. The summed E-state index contributed by atoms with van der Waals surface area (Å²) in [4.78, 5) is 27.7. The minimum atomic E-state index is -3.61. The number of benzene rings is 2. The molecule has 2 aromatic carbocycles. The molecule has 2 amide bonds. The summed E-state index contributed by atoms with van der Waals surface area (Å²) in [6.07, 6.45) is 2.20. The Morgan fingerprint density at radius 3 is 2.28 bits per heavy atom. The molecule has 0 aromatic heterocycles. The Morgan fingerprint density at radius 2 is 1.67 bits per heavy atom. The summed E-state index contributed by atoms with van der Waals surface area (Å²) in [6.45, 7) is 7.57. The molecule has 198 valence electrons. The van der Waals surface area contributed by atoms with E-state index < -0.39 is 16.1 Å². The minimum absolute atomic E-state index is 0.0264. The van der Waals surface area contributed by atoms with E-state index in [1.807, 2.05) is 26.0 Å². The number of carbonyl (C=O) groups is 2. The smallest absolute Gasteiger partial charge is 0.242 e. The highest BCUT2D eigenvalue weighted by Gasteiger charge is 2.28. The number of hydrogen-bond donors (Lipinski definition) is 1. The predicted octanol–water partition coefficient (Wildman–Crippen LogP) is 5.18. The minimum Gasteiger partial charge on any atom is -0.352 e. The predicted molar refractivity (Wildman–Crippen MR) is 147 cm³/mol. The van der Waals surface area contributed by atoms with Crippen molar-refractivity contribution in [3.63, 3.8) is 0 Å². The van der Waals surface area contributed by atoms with Gasteiger partial charge in [-0.05, 0) is 62.9 Å². The zero-order chi connectivity index (χ0) is 27.0. The van der Waals surface area contributed by atoms with Gasteiger partial charge in [0.05, 0.1) is 11.9 Å². The third-order valence-electron chi connectivity index (χ3n) is 6.13. The molecule has 0 heterocycles. The first-order valence-electron chi connectivity index (χ1n) is 11.9. The van der Waals surface area contributed by atoms with Gasteiger partial charge in [-0.1, -0.05) is 54.4 Å². The van der Waals surface area contributed by atoms with E-state index in [1.165, 1.54) is 9.21 Å². The second-order valence-electron chi connectivity index (χ2n) is 8.93. The molecule has 0 aliphatic heterocycles. The van der Waals surface area contributed by atoms with Gasteiger partial charge in [0.2, 0.25) is 21.8 Å². The monoisotopic (exact) mass is 555 g/mol. The molecule has 0 bridgehead atoms. The molecule has 0 saturated carbocycles. The van der Waals surface area contributed by atoms with Crippen LogP contribution in [0.25, 0.3) is 0 Å². The van der Waals surface area contributed by atoms with E-state index in [0.29, 0.717) is 21.3 Å². The van der Waals surface area contributed by atoms with E-state index in [4.69, 9.17) is 23.2 Å². The fourth-order valence-electron chi connectivity index (χ4n) is 3.71. The van der Waals surface area contributed by atoms with E-state index in [1.54, 1.807) is 44.2 Å². The second-order valence-corrected chi connectivity index (χ2v) is 11.7. The van der Waals surface area contributed by atoms with Crippen molar-refractivity contribution in [1.82, 2.24) is 10.2 Å². The van der Waals surface area contributed by atoms with Crippen LogP contribution in [-0.4, -0.2) is 50.0 Å². The van der Waals surface area contributed by atoms with Crippen molar-refractivity contribution < 1.29 is 18.0 Å². The van der Waals surface area contributed by atoms with Gasteiger partial charge < -0.3 is 10.2 Å². The standard InChI is InChI=1S/C26H35Cl2N3O4S/c1-6-18(2)29-26(33)20(4)30(17-21-11-7-8-12-23(21)28)25(32)15-10-16-31(36(5,34)35)24-14-9-13-22(27)19(24)3/h7-9,11-14,18,20H,6,10,15-17H2,1-5H3,(H,29,33). The van der Waals surface area contributed by atoms with Gasteiger partial charge in [-0.3, -0.25) is 13.9 Å². The van der Waals surface area contributed by atoms with Gasteiger partial charge in [0, 0.05) is 35.6 Å². The molecular weight excluding hydrogens is 521 g/mol. The number of nitrogens with zero attached hydrogens (tertiary/aromatic N) is 2. The Labute approximate surface area is 224 Å². The van der Waals surface area contributed by atoms with Crippen molar-refractivity contribution in [2.75, 3.05) is 17.1 Å². The van der Waals surface area contributed by atoms with Crippen LogP contribution in [0.2, 0.25) is 10.0 Å². The lowest BCUT2D eigenvalue weighted by Crippen LogP contribution is -2.49. The van der Waals surface area contributed by atoms with E-state index in [0.717, 1.165) is 18.2 Å². The van der Waals surface area contributed by atoms with Crippen LogP contribution in [0, 0.1) is 6.92 Å². The number of amides is 2. The van der Waals surface area contributed by atoms with Crippen molar-refractivity contribution in [3.8, 4) is 0 Å². The first-order chi connectivity index (χ1) is 16.9. The van der Waals surface area contributed by atoms with Crippen LogP contribution in [0.5, 0.6) is 0 Å². The molecule has 2 aromatic rings. The first-order valence-corrected chi connectivity index (χ1v) is 14.5. The normalized spacial score (nSPS) is 13.1. The molecule has 2 unspecified atom stereocenters. The third kappa shape index (κ3) is 8.11. The molecule has 0 saturated heterocycles. The third-order valence-corrected chi connectivity index (χ3v) is 8.08. The summed E-state index contributed by atoms with van der Waals surface area (Å²) >= 11 is 12.5. The Bertz CT molecular complexity index is 1170. The Hall–Kier alpha value is -2.29. The largest absolute Gasteiger partial charge is 0.352 e. The van der Waals surface area contributed by atoms with E-state index in [2.05, 4.69) is 5.32 Å². The number of carbonyl (C=O) groups excluding carboxylic acids is 2. The molecule has 0 spiro atoms. The van der Waals surface area contributed by atoms with Gasteiger partial charge in [0.15, 0.2) is 0 Å². The molecule has 2 atom stereocenters. The van der Waals surface area contributed by atoms with Gasteiger partial charge in [-0.2, -0.15) is 0 Å². The number of anilines is 1. The highest BCUT2D eigenvalue weighted by Crippen LogP contribution is 2.28. The first kappa shape index (κ1) is 29.9. The summed E-state index contributed by atoms with van der Waals surface area (Å²) in [5, 5.41) is 3.89. The summed E-state index contributed by atoms with van der Waals surface area (Å²) in [5.41, 5.74) is 1.85. The number of sulfonamides is 1. The number of halogens is 2. The lowest BCUT2D eigenvalue weighted by atomic mass is 10.1. The second kappa shape index (κ2) is 13.3. The summed E-state index contributed by atoms with van der Waals surface area (Å²) in [6, 6.07) is 11.5. The van der Waals surface area contributed by atoms with Crippen molar-refractivity contribution in [3.05, 3.63) is 63.6 Å². The lowest BCUT2D eigenvalue weighted by Gasteiger charge is -2.30. The molecule has 2 rings (SSSR count). The lowest BCUT2D eigenvalue weighted by molar-refractivity contribution is -0.140. The Kier molecular flexibility index (Phi) is 11.1. The molecule has 10 heteroatoms. The van der Waals surface area contributed by atoms with Crippen LogP contribution < -0.4 is 9.62 Å². The maximum absolute atomic E-state index is 13.4. The van der Waals surface area contributed by atoms with Crippen LogP contribution in [0.4, 0.5) is 5.69 Å². The van der Waals surface area contributed by atoms with Gasteiger partial charge in [0.25, 0.3) is 0 Å². The summed E-state index contributed by atoms with van der Waals surface area (Å²) < 4.78 is 26.3. The molecule has 0 aliphatic rings. The molecule has 0 aliphatic carbocycles. The van der Waals surface area contributed by atoms with Crippen molar-refractivity contribution in [2.24, 2.45) is 0 Å². The van der Waals surface area contributed by atoms with Crippen molar-refractivity contribution >= 4 is 50.7 Å². The average Bonchev–Trinajstić information content (AvgIpc) is 2.82. The zero-order valence-corrected chi connectivity index (χ0v) is 23.8. The number of rotatable bonds is 12. The van der Waals surface area contributed by atoms with Crippen LogP contribution in [0.1, 0.15) is 51.2 Å².